The van der Waals surface area contributed by atoms with Gasteiger partial charge in [-0.05, 0) is 54.9 Å². The molecule has 3 aromatic carbocycles. The van der Waals surface area contributed by atoms with Crippen molar-refractivity contribution < 1.29 is 9.47 Å². The summed E-state index contributed by atoms with van der Waals surface area (Å²) in [7, 11) is 0. The lowest BCUT2D eigenvalue weighted by molar-refractivity contribution is 0.211. The van der Waals surface area contributed by atoms with Gasteiger partial charge in [0, 0.05) is 30.1 Å². The van der Waals surface area contributed by atoms with Gasteiger partial charge in [-0.3, -0.25) is 4.90 Å². The van der Waals surface area contributed by atoms with Crippen LogP contribution in [0.5, 0.6) is 11.5 Å². The van der Waals surface area contributed by atoms with Crippen LogP contribution in [0.2, 0.25) is 0 Å². The first-order valence-corrected chi connectivity index (χ1v) is 11.8. The Morgan fingerprint density at radius 3 is 2.30 bits per heavy atom. The summed E-state index contributed by atoms with van der Waals surface area (Å²) in [6, 6.07) is 28.9. The van der Waals surface area contributed by atoms with Crippen LogP contribution in [0.1, 0.15) is 25.8 Å². The van der Waals surface area contributed by atoms with Crippen LogP contribution < -0.4 is 9.47 Å². The maximum atomic E-state index is 6.32. The number of fused-ring (bicyclic) bond motifs is 1. The van der Waals surface area contributed by atoms with Crippen molar-refractivity contribution in [3.8, 4) is 22.8 Å². The van der Waals surface area contributed by atoms with Gasteiger partial charge < -0.3 is 9.47 Å². The zero-order chi connectivity index (χ0) is 22.9. The number of pyridine rings is 1. The monoisotopic (exact) mass is 440 g/mol. The Balaban J connectivity index is 1.49. The molecule has 4 nitrogen and oxygen atoms in total. The molecule has 33 heavy (non-hydrogen) atoms. The molecule has 0 saturated carbocycles. The fraction of sp³-hybridized carbons (Fsp3) is 0.276. The molecular formula is C29H32N2O2. The number of rotatable bonds is 11. The van der Waals surface area contributed by atoms with E-state index in [1.807, 2.05) is 30.3 Å². The number of aromatic nitrogens is 1. The molecule has 1 aromatic heterocycles. The number of para-hydroxylation sites is 1. The molecule has 0 fully saturated rings. The van der Waals surface area contributed by atoms with Crippen molar-refractivity contribution in [1.29, 1.82) is 0 Å². The van der Waals surface area contributed by atoms with Gasteiger partial charge in [0.2, 0.25) is 0 Å². The average molecular weight is 441 g/mol. The van der Waals surface area contributed by atoms with Gasteiger partial charge >= 0.3 is 0 Å². The van der Waals surface area contributed by atoms with Gasteiger partial charge in [0.1, 0.15) is 18.1 Å². The van der Waals surface area contributed by atoms with Crippen LogP contribution in [0, 0.1) is 0 Å². The summed E-state index contributed by atoms with van der Waals surface area (Å²) in [5, 5.41) is 1.04. The first-order chi connectivity index (χ1) is 16.3. The van der Waals surface area contributed by atoms with Crippen LogP contribution in [0.4, 0.5) is 0 Å². The molecule has 0 amide bonds. The van der Waals surface area contributed by atoms with Crippen LogP contribution in [0.3, 0.4) is 0 Å². The summed E-state index contributed by atoms with van der Waals surface area (Å²) >= 11 is 0. The number of hydrogen-bond acceptors (Lipinski definition) is 4. The molecule has 0 radical (unpaired) electrons. The highest BCUT2D eigenvalue weighted by molar-refractivity contribution is 5.87. The second-order valence-electron chi connectivity index (χ2n) is 8.10. The fourth-order valence-corrected chi connectivity index (χ4v) is 3.83. The molecule has 0 aliphatic heterocycles. The Bertz CT molecular complexity index is 1140. The molecule has 170 valence electrons. The van der Waals surface area contributed by atoms with Crippen molar-refractivity contribution in [2.24, 2.45) is 0 Å². The second kappa shape index (κ2) is 11.5. The van der Waals surface area contributed by atoms with Gasteiger partial charge in [0.05, 0.1) is 17.8 Å². The van der Waals surface area contributed by atoms with Crippen molar-refractivity contribution >= 4 is 10.9 Å². The van der Waals surface area contributed by atoms with E-state index in [9.17, 15) is 0 Å². The molecule has 0 bridgehead atoms. The third-order valence-electron chi connectivity index (χ3n) is 5.66. The van der Waals surface area contributed by atoms with Gasteiger partial charge in [-0.25, -0.2) is 4.98 Å². The van der Waals surface area contributed by atoms with Crippen molar-refractivity contribution in [2.45, 2.75) is 26.8 Å². The van der Waals surface area contributed by atoms with Crippen LogP contribution in [0.25, 0.3) is 22.2 Å². The molecule has 0 aliphatic rings. The van der Waals surface area contributed by atoms with Gasteiger partial charge in [-0.1, -0.05) is 56.3 Å². The third kappa shape index (κ3) is 6.11. The van der Waals surface area contributed by atoms with E-state index in [4.69, 9.17) is 14.5 Å². The Morgan fingerprint density at radius 1 is 0.788 bits per heavy atom. The largest absolute Gasteiger partial charge is 0.494 e. The summed E-state index contributed by atoms with van der Waals surface area (Å²) in [5.41, 5.74) is 4.21. The lowest BCUT2D eigenvalue weighted by Gasteiger charge is -2.21. The summed E-state index contributed by atoms with van der Waals surface area (Å²) < 4.78 is 12.0. The van der Waals surface area contributed by atoms with Gasteiger partial charge in [-0.2, -0.15) is 0 Å². The number of benzene rings is 3. The maximum Gasteiger partial charge on any atom is 0.130 e. The van der Waals surface area contributed by atoms with Crippen molar-refractivity contribution in [1.82, 2.24) is 9.88 Å². The van der Waals surface area contributed by atoms with E-state index in [0.717, 1.165) is 66.3 Å². The zero-order valence-corrected chi connectivity index (χ0v) is 19.5. The van der Waals surface area contributed by atoms with Crippen LogP contribution in [-0.4, -0.2) is 36.2 Å². The molecule has 4 aromatic rings. The highest BCUT2D eigenvalue weighted by Crippen LogP contribution is 2.31. The highest BCUT2D eigenvalue weighted by Gasteiger charge is 2.10. The van der Waals surface area contributed by atoms with E-state index >= 15 is 0 Å². The van der Waals surface area contributed by atoms with E-state index in [-0.39, 0.29) is 0 Å². The normalized spacial score (nSPS) is 11.1. The maximum absolute atomic E-state index is 6.32. The Labute approximate surface area is 196 Å². The number of likely N-dealkylation sites (N-methyl/N-ethyl adjacent to an activating group) is 1. The van der Waals surface area contributed by atoms with Gasteiger partial charge in [0.15, 0.2) is 0 Å². The molecule has 0 unspecified atom stereocenters. The number of nitrogens with zero attached hydrogens (tertiary/aromatic N) is 2. The predicted octanol–water partition coefficient (Wildman–Crippen LogP) is 6.59. The first kappa shape index (κ1) is 22.8. The molecule has 0 atom stereocenters. The SMILES string of the molecule is CCCOc1ccc(-c2cc(OCCN(CC)Cc3ccccc3)c3ccccc3n2)cc1. The molecule has 4 rings (SSSR count). The van der Waals surface area contributed by atoms with E-state index in [0.29, 0.717) is 6.61 Å². The molecule has 0 spiro atoms. The van der Waals surface area contributed by atoms with Crippen LogP contribution >= 0.6 is 0 Å². The van der Waals surface area contributed by atoms with Gasteiger partial charge in [-0.15, -0.1) is 0 Å². The van der Waals surface area contributed by atoms with E-state index in [2.05, 4.69) is 73.3 Å². The third-order valence-corrected chi connectivity index (χ3v) is 5.66. The van der Waals surface area contributed by atoms with Crippen molar-refractivity contribution in [3.05, 3.63) is 90.5 Å². The van der Waals surface area contributed by atoms with Crippen molar-refractivity contribution in [3.63, 3.8) is 0 Å². The lowest BCUT2D eigenvalue weighted by Crippen LogP contribution is -2.27. The van der Waals surface area contributed by atoms with E-state index < -0.39 is 0 Å². The second-order valence-corrected chi connectivity index (χ2v) is 8.10. The van der Waals surface area contributed by atoms with E-state index in [1.165, 1.54) is 5.56 Å². The Morgan fingerprint density at radius 2 is 1.55 bits per heavy atom. The molecule has 0 saturated heterocycles. The fourth-order valence-electron chi connectivity index (χ4n) is 3.83. The lowest BCUT2D eigenvalue weighted by atomic mass is 10.1. The van der Waals surface area contributed by atoms with E-state index in [1.54, 1.807) is 0 Å². The zero-order valence-electron chi connectivity index (χ0n) is 19.5. The summed E-state index contributed by atoms with van der Waals surface area (Å²) in [6.07, 6.45) is 0.996. The highest BCUT2D eigenvalue weighted by atomic mass is 16.5. The predicted molar refractivity (Wildman–Crippen MR) is 136 cm³/mol. The topological polar surface area (TPSA) is 34.6 Å². The smallest absolute Gasteiger partial charge is 0.130 e. The van der Waals surface area contributed by atoms with Crippen LogP contribution in [-0.2, 0) is 6.54 Å². The van der Waals surface area contributed by atoms with Crippen molar-refractivity contribution in [2.75, 3.05) is 26.3 Å². The molecule has 1 heterocycles. The summed E-state index contributed by atoms with van der Waals surface area (Å²) in [6.45, 7) is 8.42. The van der Waals surface area contributed by atoms with Crippen LogP contribution in [0.15, 0.2) is 84.9 Å². The minimum Gasteiger partial charge on any atom is -0.494 e. The standard InChI is InChI=1S/C29H32N2O2/c1-3-19-32-25-16-14-24(15-17-25)28-21-29(26-12-8-9-13-27(26)30-28)33-20-18-31(4-2)22-23-10-6-5-7-11-23/h5-17,21H,3-4,18-20,22H2,1-2H3. The minimum atomic E-state index is 0.623. The van der Waals surface area contributed by atoms with Gasteiger partial charge in [0.25, 0.3) is 0 Å². The number of hydrogen-bond donors (Lipinski definition) is 0. The summed E-state index contributed by atoms with van der Waals surface area (Å²) in [5.74, 6) is 1.76. The molecule has 0 aliphatic carbocycles. The molecule has 4 heteroatoms. The average Bonchev–Trinajstić information content (AvgIpc) is 2.87. The quantitative estimate of drug-likeness (QED) is 0.263. The Kier molecular flexibility index (Phi) is 7.94. The minimum absolute atomic E-state index is 0.623. The number of ether oxygens (including phenoxy) is 2. The molecule has 0 N–H and O–H groups in total. The molecular weight excluding hydrogens is 408 g/mol. The summed E-state index contributed by atoms with van der Waals surface area (Å²) in [4.78, 5) is 7.28. The first-order valence-electron chi connectivity index (χ1n) is 11.8. The Hall–Kier alpha value is -3.37.